The van der Waals surface area contributed by atoms with Crippen LogP contribution in [0.1, 0.15) is 31.1 Å². The second kappa shape index (κ2) is 9.05. The smallest absolute Gasteiger partial charge is 0.265 e. The van der Waals surface area contributed by atoms with Gasteiger partial charge >= 0.3 is 0 Å². The highest BCUT2D eigenvalue weighted by atomic mass is 79.9. The summed E-state index contributed by atoms with van der Waals surface area (Å²) in [7, 11) is 0. The van der Waals surface area contributed by atoms with Gasteiger partial charge in [-0.3, -0.25) is 9.59 Å². The van der Waals surface area contributed by atoms with Gasteiger partial charge in [0.2, 0.25) is 0 Å². The van der Waals surface area contributed by atoms with Crippen LogP contribution in [-0.2, 0) is 4.79 Å². The van der Waals surface area contributed by atoms with Gasteiger partial charge in [0.25, 0.3) is 11.8 Å². The number of carbonyl (C=O) groups excluding carboxylic acids is 2. The van der Waals surface area contributed by atoms with Gasteiger partial charge in [-0.2, -0.15) is 0 Å². The lowest BCUT2D eigenvalue weighted by atomic mass is 10.1. The summed E-state index contributed by atoms with van der Waals surface area (Å²) in [5.74, 6) is 0.000807. The molecule has 1 unspecified atom stereocenters. The third-order valence-corrected chi connectivity index (χ3v) is 4.23. The first-order valence-electron chi connectivity index (χ1n) is 8.09. The fourth-order valence-corrected chi connectivity index (χ4v) is 2.92. The van der Waals surface area contributed by atoms with Crippen LogP contribution in [-0.4, -0.2) is 24.0 Å². The summed E-state index contributed by atoms with van der Waals surface area (Å²) in [6.45, 7) is 5.42. The van der Waals surface area contributed by atoms with Crippen molar-refractivity contribution >= 4 is 45.0 Å². The van der Waals surface area contributed by atoms with Crippen LogP contribution in [0.15, 0.2) is 46.9 Å². The number of amides is 2. The molecule has 0 heterocycles. The zero-order valence-electron chi connectivity index (χ0n) is 14.7. The molecule has 0 aliphatic carbocycles. The van der Waals surface area contributed by atoms with E-state index in [1.165, 1.54) is 0 Å². The van der Waals surface area contributed by atoms with Crippen LogP contribution in [0.2, 0.25) is 5.02 Å². The van der Waals surface area contributed by atoms with Crippen LogP contribution in [0.3, 0.4) is 0 Å². The summed E-state index contributed by atoms with van der Waals surface area (Å²) in [6.07, 6.45) is -0.736. The first-order valence-corrected chi connectivity index (χ1v) is 9.27. The van der Waals surface area contributed by atoms with Crippen LogP contribution in [0.4, 0.5) is 5.69 Å². The second-order valence-corrected chi connectivity index (χ2v) is 7.32. The topological polar surface area (TPSA) is 67.4 Å². The van der Waals surface area contributed by atoms with E-state index in [0.29, 0.717) is 26.5 Å². The molecule has 0 radical (unpaired) electrons. The molecule has 138 valence electrons. The van der Waals surface area contributed by atoms with Gasteiger partial charge in [0.15, 0.2) is 6.10 Å². The molecule has 7 heteroatoms. The number of halogens is 2. The number of hydrogen-bond donors (Lipinski definition) is 2. The molecule has 0 aliphatic rings. The van der Waals surface area contributed by atoms with Crippen molar-refractivity contribution in [1.82, 2.24) is 5.32 Å². The van der Waals surface area contributed by atoms with Gasteiger partial charge in [-0.15, -0.1) is 0 Å². The molecule has 2 aromatic carbocycles. The van der Waals surface area contributed by atoms with Crippen molar-refractivity contribution < 1.29 is 14.3 Å². The summed E-state index contributed by atoms with van der Waals surface area (Å²) in [5.41, 5.74) is 1.00. The fourth-order valence-electron chi connectivity index (χ4n) is 2.14. The largest absolute Gasteiger partial charge is 0.480 e. The van der Waals surface area contributed by atoms with E-state index in [0.717, 1.165) is 0 Å². The number of carbonyl (C=O) groups is 2. The quantitative estimate of drug-likeness (QED) is 0.688. The van der Waals surface area contributed by atoms with Gasteiger partial charge < -0.3 is 15.4 Å². The van der Waals surface area contributed by atoms with Crippen LogP contribution < -0.4 is 15.4 Å². The Bertz CT molecular complexity index is 811. The second-order valence-electron chi connectivity index (χ2n) is 6.03. The summed E-state index contributed by atoms with van der Waals surface area (Å²) in [4.78, 5) is 24.4. The minimum absolute atomic E-state index is 0.0343. The lowest BCUT2D eigenvalue weighted by molar-refractivity contribution is -0.122. The van der Waals surface area contributed by atoms with Crippen molar-refractivity contribution in [3.05, 3.63) is 57.5 Å². The van der Waals surface area contributed by atoms with E-state index < -0.39 is 6.10 Å². The molecule has 2 aromatic rings. The first kappa shape index (κ1) is 20.3. The van der Waals surface area contributed by atoms with E-state index in [4.69, 9.17) is 16.3 Å². The minimum atomic E-state index is -0.736. The molecular formula is C19H20BrClN2O3. The van der Waals surface area contributed by atoms with Crippen molar-refractivity contribution in [1.29, 1.82) is 0 Å². The maximum atomic E-state index is 12.4. The summed E-state index contributed by atoms with van der Waals surface area (Å²) in [6, 6.07) is 11.8. The van der Waals surface area contributed by atoms with Crippen LogP contribution in [0, 0.1) is 0 Å². The molecule has 2 rings (SSSR count). The first-order chi connectivity index (χ1) is 12.3. The molecule has 5 nitrogen and oxygen atoms in total. The summed E-state index contributed by atoms with van der Waals surface area (Å²) >= 11 is 9.25. The maximum Gasteiger partial charge on any atom is 0.265 e. The molecule has 0 bridgehead atoms. The van der Waals surface area contributed by atoms with Crippen LogP contribution in [0.25, 0.3) is 0 Å². The Morgan fingerprint density at radius 3 is 2.50 bits per heavy atom. The molecule has 26 heavy (non-hydrogen) atoms. The van der Waals surface area contributed by atoms with Gasteiger partial charge in [0, 0.05) is 22.3 Å². The number of ether oxygens (including phenoxy) is 1. The highest BCUT2D eigenvalue weighted by Gasteiger charge is 2.17. The predicted molar refractivity (Wildman–Crippen MR) is 107 cm³/mol. The van der Waals surface area contributed by atoms with Crippen LogP contribution >= 0.6 is 27.5 Å². The van der Waals surface area contributed by atoms with E-state index >= 15 is 0 Å². The minimum Gasteiger partial charge on any atom is -0.480 e. The van der Waals surface area contributed by atoms with E-state index in [9.17, 15) is 9.59 Å². The van der Waals surface area contributed by atoms with Gasteiger partial charge in [-0.05, 0) is 73.1 Å². The molecular weight excluding hydrogens is 420 g/mol. The van der Waals surface area contributed by atoms with Crippen molar-refractivity contribution in [2.75, 3.05) is 5.32 Å². The van der Waals surface area contributed by atoms with E-state index in [2.05, 4.69) is 26.6 Å². The number of rotatable bonds is 6. The molecule has 0 aliphatic heterocycles. The Hall–Kier alpha value is -2.05. The average Bonchev–Trinajstić information content (AvgIpc) is 2.57. The molecule has 0 saturated heterocycles. The van der Waals surface area contributed by atoms with E-state index in [1.54, 1.807) is 49.4 Å². The number of anilines is 1. The van der Waals surface area contributed by atoms with Gasteiger partial charge in [-0.1, -0.05) is 17.7 Å². The Labute approximate surface area is 166 Å². The molecule has 1 atom stereocenters. The Balaban J connectivity index is 2.03. The molecule has 2 amide bonds. The summed E-state index contributed by atoms with van der Waals surface area (Å²) in [5, 5.41) is 6.14. The van der Waals surface area contributed by atoms with Gasteiger partial charge in [0.05, 0.1) is 4.47 Å². The zero-order chi connectivity index (χ0) is 19.3. The number of nitrogens with one attached hydrogen (secondary N) is 2. The molecule has 0 aromatic heterocycles. The Morgan fingerprint density at radius 1 is 1.12 bits per heavy atom. The lowest BCUT2D eigenvalue weighted by Gasteiger charge is -2.16. The standard InChI is InChI=1S/C19H20BrClN2O3/c1-11(2)22-19(25)13-5-4-6-15(9-13)23-18(24)12(3)26-17-8-7-14(21)10-16(17)20/h4-12H,1-3H3,(H,22,25)(H,23,24). The molecule has 0 saturated carbocycles. The maximum absolute atomic E-state index is 12.4. The Kier molecular flexibility index (Phi) is 7.06. The molecule has 0 fully saturated rings. The highest BCUT2D eigenvalue weighted by Crippen LogP contribution is 2.28. The van der Waals surface area contributed by atoms with Crippen molar-refractivity contribution in [2.24, 2.45) is 0 Å². The Morgan fingerprint density at radius 2 is 1.85 bits per heavy atom. The van der Waals surface area contributed by atoms with Crippen LogP contribution in [0.5, 0.6) is 5.75 Å². The van der Waals surface area contributed by atoms with Gasteiger partial charge in [0.1, 0.15) is 5.75 Å². The van der Waals surface area contributed by atoms with Crippen molar-refractivity contribution in [2.45, 2.75) is 32.9 Å². The SMILES string of the molecule is CC(C)NC(=O)c1cccc(NC(=O)C(C)Oc2ccc(Cl)cc2Br)c1. The van der Waals surface area contributed by atoms with E-state index in [-0.39, 0.29) is 17.9 Å². The fraction of sp³-hybridized carbons (Fsp3) is 0.263. The number of hydrogen-bond acceptors (Lipinski definition) is 3. The van der Waals surface area contributed by atoms with Crippen molar-refractivity contribution in [3.63, 3.8) is 0 Å². The predicted octanol–water partition coefficient (Wildman–Crippen LogP) is 4.65. The third-order valence-electron chi connectivity index (χ3n) is 3.38. The normalized spacial score (nSPS) is 11.8. The van der Waals surface area contributed by atoms with Gasteiger partial charge in [-0.25, -0.2) is 0 Å². The monoisotopic (exact) mass is 438 g/mol. The third kappa shape index (κ3) is 5.75. The van der Waals surface area contributed by atoms with E-state index in [1.807, 2.05) is 13.8 Å². The number of benzene rings is 2. The lowest BCUT2D eigenvalue weighted by Crippen LogP contribution is -2.31. The van der Waals surface area contributed by atoms with Crippen molar-refractivity contribution in [3.8, 4) is 5.75 Å². The summed E-state index contributed by atoms with van der Waals surface area (Å²) < 4.78 is 6.33. The molecule has 0 spiro atoms. The zero-order valence-corrected chi connectivity index (χ0v) is 17.0. The highest BCUT2D eigenvalue weighted by molar-refractivity contribution is 9.10. The molecule has 2 N–H and O–H groups in total. The average molecular weight is 440 g/mol.